The van der Waals surface area contributed by atoms with Crippen molar-refractivity contribution in [2.24, 2.45) is 0 Å². The molecular weight excluding hydrogens is 180 g/mol. The lowest BCUT2D eigenvalue weighted by Gasteiger charge is -2.24. The molecule has 0 aliphatic carbocycles. The molecule has 0 N–H and O–H groups in total. The van der Waals surface area contributed by atoms with Gasteiger partial charge in [-0.15, -0.1) is 0 Å². The molecule has 4 heteroatoms. The molecule has 2 heterocycles. The average Bonchev–Trinajstić information content (AvgIpc) is 2.23. The second-order valence-electron chi connectivity index (χ2n) is 3.31. The third-order valence-corrected chi connectivity index (χ3v) is 2.45. The number of rotatable bonds is 1. The van der Waals surface area contributed by atoms with Gasteiger partial charge in [0, 0.05) is 13.5 Å². The van der Waals surface area contributed by atoms with Gasteiger partial charge >= 0.3 is 0 Å². The molecule has 4 nitrogen and oxygen atoms in total. The van der Waals surface area contributed by atoms with Gasteiger partial charge in [-0.3, -0.25) is 9.69 Å². The Morgan fingerprint density at radius 2 is 2.29 bits per heavy atom. The minimum Gasteiger partial charge on any atom is -0.495 e. The summed E-state index contributed by atoms with van der Waals surface area (Å²) in [5.74, 6) is 1.61. The van der Waals surface area contributed by atoms with Gasteiger partial charge in [0.1, 0.15) is 11.6 Å². The number of hydrogen-bond donors (Lipinski definition) is 0. The first kappa shape index (κ1) is 8.99. The molecule has 0 fully saturated rings. The third-order valence-electron chi connectivity index (χ3n) is 2.45. The molecule has 1 aromatic rings. The molecule has 1 aromatic heterocycles. The molecule has 74 valence electrons. The van der Waals surface area contributed by atoms with Crippen LogP contribution in [-0.2, 0) is 11.2 Å². The highest BCUT2D eigenvalue weighted by Crippen LogP contribution is 2.27. The van der Waals surface area contributed by atoms with E-state index in [4.69, 9.17) is 4.74 Å². The van der Waals surface area contributed by atoms with Crippen LogP contribution in [0.1, 0.15) is 12.0 Å². The van der Waals surface area contributed by atoms with E-state index >= 15 is 0 Å². The van der Waals surface area contributed by atoms with E-state index in [0.29, 0.717) is 6.42 Å². The van der Waals surface area contributed by atoms with Crippen LogP contribution >= 0.6 is 0 Å². The fourth-order valence-electron chi connectivity index (χ4n) is 1.61. The lowest BCUT2D eigenvalue weighted by molar-refractivity contribution is -0.118. The van der Waals surface area contributed by atoms with Crippen molar-refractivity contribution >= 4 is 11.7 Å². The molecule has 1 amide bonds. The number of pyridine rings is 1. The van der Waals surface area contributed by atoms with Gasteiger partial charge in [0.25, 0.3) is 0 Å². The summed E-state index contributed by atoms with van der Waals surface area (Å²) < 4.78 is 5.08. The van der Waals surface area contributed by atoms with Crippen molar-refractivity contribution in [3.8, 4) is 5.75 Å². The average molecular weight is 192 g/mol. The number of anilines is 1. The monoisotopic (exact) mass is 192 g/mol. The minimum atomic E-state index is 0.121. The smallest absolute Gasteiger partial charge is 0.228 e. The van der Waals surface area contributed by atoms with E-state index < -0.39 is 0 Å². The highest BCUT2D eigenvalue weighted by atomic mass is 16.5. The van der Waals surface area contributed by atoms with Crippen molar-refractivity contribution in [2.75, 3.05) is 19.1 Å². The Kier molecular flexibility index (Phi) is 2.11. The molecule has 1 aliphatic rings. The van der Waals surface area contributed by atoms with Crippen LogP contribution in [0.3, 0.4) is 0 Å². The molecule has 2 rings (SSSR count). The molecule has 1 aliphatic heterocycles. The maximum absolute atomic E-state index is 11.4. The van der Waals surface area contributed by atoms with Crippen LogP contribution in [0.15, 0.2) is 12.3 Å². The Hall–Kier alpha value is -1.58. The number of carbonyl (C=O) groups excluding carboxylic acids is 1. The fourth-order valence-corrected chi connectivity index (χ4v) is 1.61. The largest absolute Gasteiger partial charge is 0.495 e. The topological polar surface area (TPSA) is 42.4 Å². The quantitative estimate of drug-likeness (QED) is 0.666. The predicted octanol–water partition coefficient (Wildman–Crippen LogP) is 0.999. The Morgan fingerprint density at radius 1 is 1.50 bits per heavy atom. The van der Waals surface area contributed by atoms with Crippen LogP contribution in [0.2, 0.25) is 0 Å². The van der Waals surface area contributed by atoms with Gasteiger partial charge in [-0.1, -0.05) is 0 Å². The van der Waals surface area contributed by atoms with Gasteiger partial charge in [-0.05, 0) is 18.1 Å². The van der Waals surface area contributed by atoms with E-state index in [9.17, 15) is 4.79 Å². The van der Waals surface area contributed by atoms with Gasteiger partial charge in [-0.2, -0.15) is 0 Å². The molecule has 0 unspecified atom stereocenters. The summed E-state index contributed by atoms with van der Waals surface area (Å²) in [5.41, 5.74) is 1.08. The van der Waals surface area contributed by atoms with E-state index in [0.717, 1.165) is 23.6 Å². The lowest BCUT2D eigenvalue weighted by atomic mass is 10.1. The summed E-state index contributed by atoms with van der Waals surface area (Å²) in [6, 6.07) is 1.94. The number of aromatic nitrogens is 1. The number of ether oxygens (including phenoxy) is 1. The first-order chi connectivity index (χ1) is 6.72. The minimum absolute atomic E-state index is 0.121. The number of carbonyl (C=O) groups is 1. The number of hydrogen-bond acceptors (Lipinski definition) is 3. The zero-order valence-corrected chi connectivity index (χ0v) is 8.28. The highest BCUT2D eigenvalue weighted by Gasteiger charge is 2.22. The molecular formula is C10H12N2O2. The second kappa shape index (κ2) is 3.29. The van der Waals surface area contributed by atoms with Gasteiger partial charge < -0.3 is 4.74 Å². The highest BCUT2D eigenvalue weighted by molar-refractivity contribution is 5.94. The van der Waals surface area contributed by atoms with E-state index in [1.54, 1.807) is 25.3 Å². The summed E-state index contributed by atoms with van der Waals surface area (Å²) in [6.07, 6.45) is 2.94. The second-order valence-corrected chi connectivity index (χ2v) is 3.31. The van der Waals surface area contributed by atoms with Crippen LogP contribution in [0.4, 0.5) is 5.82 Å². The van der Waals surface area contributed by atoms with Crippen molar-refractivity contribution in [2.45, 2.75) is 12.8 Å². The number of fused-ring (bicyclic) bond motifs is 1. The summed E-state index contributed by atoms with van der Waals surface area (Å²) >= 11 is 0. The number of aryl methyl sites for hydroxylation is 1. The molecule has 0 radical (unpaired) electrons. The van der Waals surface area contributed by atoms with Gasteiger partial charge in [-0.25, -0.2) is 4.98 Å². The lowest BCUT2D eigenvalue weighted by Crippen LogP contribution is -2.31. The van der Waals surface area contributed by atoms with Crippen molar-refractivity contribution in [1.29, 1.82) is 0 Å². The third kappa shape index (κ3) is 1.32. The number of methoxy groups -OCH3 is 1. The fraction of sp³-hybridized carbons (Fsp3) is 0.400. The molecule has 0 atom stereocenters. The Labute approximate surface area is 82.5 Å². The molecule has 0 saturated heterocycles. The first-order valence-electron chi connectivity index (χ1n) is 4.52. The van der Waals surface area contributed by atoms with Crippen molar-refractivity contribution in [1.82, 2.24) is 4.98 Å². The summed E-state index contributed by atoms with van der Waals surface area (Å²) in [5, 5.41) is 0. The van der Waals surface area contributed by atoms with E-state index in [1.807, 2.05) is 6.07 Å². The van der Waals surface area contributed by atoms with Crippen LogP contribution in [0.5, 0.6) is 5.75 Å². The van der Waals surface area contributed by atoms with Crippen LogP contribution < -0.4 is 9.64 Å². The zero-order chi connectivity index (χ0) is 10.1. The van der Waals surface area contributed by atoms with E-state index in [-0.39, 0.29) is 5.91 Å². The van der Waals surface area contributed by atoms with E-state index in [2.05, 4.69) is 4.98 Å². The van der Waals surface area contributed by atoms with Gasteiger partial charge in [0.05, 0.1) is 13.3 Å². The van der Waals surface area contributed by atoms with Crippen LogP contribution in [-0.4, -0.2) is 25.0 Å². The first-order valence-corrected chi connectivity index (χ1v) is 4.52. The zero-order valence-electron chi connectivity index (χ0n) is 8.28. The normalized spacial score (nSPS) is 15.3. The van der Waals surface area contributed by atoms with Gasteiger partial charge in [0.2, 0.25) is 5.91 Å². The SMILES string of the molecule is COc1cnc2c(c1)CCC(=O)N2C. The Morgan fingerprint density at radius 3 is 3.00 bits per heavy atom. The summed E-state index contributed by atoms with van der Waals surface area (Å²) in [6.45, 7) is 0. The Bertz CT molecular complexity index is 376. The van der Waals surface area contributed by atoms with E-state index in [1.165, 1.54) is 0 Å². The van der Waals surface area contributed by atoms with Crippen molar-refractivity contribution in [3.05, 3.63) is 17.8 Å². The number of amides is 1. The number of nitrogens with zero attached hydrogens (tertiary/aromatic N) is 2. The summed E-state index contributed by atoms with van der Waals surface area (Å²) in [4.78, 5) is 17.2. The van der Waals surface area contributed by atoms with Crippen molar-refractivity contribution < 1.29 is 9.53 Å². The molecule has 0 saturated carbocycles. The maximum Gasteiger partial charge on any atom is 0.228 e. The predicted molar refractivity (Wildman–Crippen MR) is 52.5 cm³/mol. The molecule has 0 bridgehead atoms. The van der Waals surface area contributed by atoms with Crippen molar-refractivity contribution in [3.63, 3.8) is 0 Å². The molecule has 14 heavy (non-hydrogen) atoms. The Balaban J connectivity index is 2.43. The maximum atomic E-state index is 11.4. The standard InChI is InChI=1S/C10H12N2O2/c1-12-9(13)4-3-7-5-8(14-2)6-11-10(7)12/h5-6H,3-4H2,1-2H3. The van der Waals surface area contributed by atoms with Crippen LogP contribution in [0.25, 0.3) is 0 Å². The summed E-state index contributed by atoms with van der Waals surface area (Å²) in [7, 11) is 3.36. The molecule has 0 aromatic carbocycles. The van der Waals surface area contributed by atoms with Crippen LogP contribution in [0, 0.1) is 0 Å². The van der Waals surface area contributed by atoms with Gasteiger partial charge in [0.15, 0.2) is 0 Å². The molecule has 0 spiro atoms.